The van der Waals surface area contributed by atoms with Crippen molar-refractivity contribution in [1.82, 2.24) is 14.5 Å². The highest BCUT2D eigenvalue weighted by Crippen LogP contribution is 2.35. The Morgan fingerprint density at radius 3 is 2.70 bits per heavy atom. The molecule has 1 aromatic carbocycles. The van der Waals surface area contributed by atoms with Crippen LogP contribution in [0, 0.1) is 0 Å². The van der Waals surface area contributed by atoms with E-state index in [2.05, 4.69) is 21.0 Å². The van der Waals surface area contributed by atoms with Crippen LogP contribution in [0.5, 0.6) is 5.88 Å². The van der Waals surface area contributed by atoms with E-state index < -0.39 is 0 Å². The Morgan fingerprint density at radius 2 is 1.85 bits per heavy atom. The maximum absolute atomic E-state index is 12.7. The van der Waals surface area contributed by atoms with Gasteiger partial charge in [-0.3, -0.25) is 0 Å². The minimum atomic E-state index is -0.0634. The number of carbonyl (C=O) groups is 1. The van der Waals surface area contributed by atoms with Crippen LogP contribution >= 0.6 is 0 Å². The highest BCUT2D eigenvalue weighted by Gasteiger charge is 2.39. The van der Waals surface area contributed by atoms with Gasteiger partial charge in [-0.1, -0.05) is 18.2 Å². The number of pyridine rings is 2. The van der Waals surface area contributed by atoms with Crippen LogP contribution in [-0.4, -0.2) is 36.2 Å². The van der Waals surface area contributed by atoms with Crippen molar-refractivity contribution in [3.8, 4) is 17.0 Å². The maximum Gasteiger partial charge on any atom is 0.362 e. The summed E-state index contributed by atoms with van der Waals surface area (Å²) in [6.45, 7) is 0.513. The van der Waals surface area contributed by atoms with Crippen LogP contribution < -0.4 is 9.22 Å². The predicted molar refractivity (Wildman–Crippen MR) is 105 cm³/mol. The average molecular weight is 359 g/mol. The number of benzene rings is 1. The molecule has 1 aliphatic rings. The standard InChI is InChI=1S/C21H19N4O2/c1-25(18-7-4-9-23-21(18)24-13-20(25)26)14-15-5-3-6-16(11-15)17-8-10-22-19(12-17)27-2/h3-13H,14H2,1-2H3/q+1. The first-order chi connectivity index (χ1) is 13.1. The first-order valence-electron chi connectivity index (χ1n) is 8.59. The maximum atomic E-state index is 12.7. The van der Waals surface area contributed by atoms with Crippen molar-refractivity contribution < 1.29 is 9.53 Å². The second kappa shape index (κ2) is 6.74. The number of aromatic nitrogens is 2. The minimum Gasteiger partial charge on any atom is -0.481 e. The van der Waals surface area contributed by atoms with E-state index in [1.807, 2.05) is 49.5 Å². The molecule has 1 unspecified atom stereocenters. The quantitative estimate of drug-likeness (QED) is 0.669. The summed E-state index contributed by atoms with van der Waals surface area (Å²) < 4.78 is 5.32. The second-order valence-corrected chi connectivity index (χ2v) is 6.58. The summed E-state index contributed by atoms with van der Waals surface area (Å²) in [6, 6.07) is 15.7. The summed E-state index contributed by atoms with van der Waals surface area (Å²) in [7, 11) is 3.50. The molecule has 0 saturated carbocycles. The summed E-state index contributed by atoms with van der Waals surface area (Å²) in [6.07, 6.45) is 4.78. The molecule has 6 nitrogen and oxygen atoms in total. The van der Waals surface area contributed by atoms with Gasteiger partial charge in [0.15, 0.2) is 5.69 Å². The van der Waals surface area contributed by atoms with Gasteiger partial charge in [-0.2, -0.15) is 0 Å². The molecule has 27 heavy (non-hydrogen) atoms. The molecule has 6 heteroatoms. The number of ether oxygens (including phenoxy) is 1. The van der Waals surface area contributed by atoms with E-state index in [1.165, 1.54) is 6.21 Å². The van der Waals surface area contributed by atoms with E-state index in [0.717, 1.165) is 22.4 Å². The van der Waals surface area contributed by atoms with Gasteiger partial charge in [-0.15, -0.1) is 0 Å². The topological polar surface area (TPSA) is 64.4 Å². The lowest BCUT2D eigenvalue weighted by molar-refractivity contribution is -0.122. The monoisotopic (exact) mass is 359 g/mol. The fourth-order valence-electron chi connectivity index (χ4n) is 3.31. The Morgan fingerprint density at radius 1 is 1.00 bits per heavy atom. The summed E-state index contributed by atoms with van der Waals surface area (Å²) in [4.78, 5) is 25.3. The van der Waals surface area contributed by atoms with Gasteiger partial charge in [0.25, 0.3) is 0 Å². The van der Waals surface area contributed by atoms with Crippen LogP contribution in [0.15, 0.2) is 65.9 Å². The summed E-state index contributed by atoms with van der Waals surface area (Å²) >= 11 is 0. The van der Waals surface area contributed by atoms with E-state index in [4.69, 9.17) is 4.74 Å². The Balaban J connectivity index is 1.71. The van der Waals surface area contributed by atoms with Gasteiger partial charge in [0.1, 0.15) is 12.8 Å². The zero-order valence-corrected chi connectivity index (χ0v) is 15.2. The van der Waals surface area contributed by atoms with Crippen LogP contribution in [-0.2, 0) is 11.3 Å². The smallest absolute Gasteiger partial charge is 0.362 e. The molecule has 3 aromatic rings. The van der Waals surface area contributed by atoms with Gasteiger partial charge in [-0.05, 0) is 29.3 Å². The number of aliphatic imine (C=N–C) groups is 1. The average Bonchev–Trinajstić information content (AvgIpc) is 2.71. The zero-order valence-electron chi connectivity index (χ0n) is 15.2. The van der Waals surface area contributed by atoms with Crippen LogP contribution in [0.25, 0.3) is 11.1 Å². The van der Waals surface area contributed by atoms with Gasteiger partial charge >= 0.3 is 5.91 Å². The largest absolute Gasteiger partial charge is 0.481 e. The Labute approximate surface area is 157 Å². The molecule has 0 aliphatic carbocycles. The second-order valence-electron chi connectivity index (χ2n) is 6.58. The Kier molecular flexibility index (Phi) is 4.25. The van der Waals surface area contributed by atoms with Crippen molar-refractivity contribution in [2.24, 2.45) is 4.99 Å². The number of hydrogen-bond acceptors (Lipinski definition) is 5. The summed E-state index contributed by atoms with van der Waals surface area (Å²) in [5, 5.41) is 0. The third-order valence-corrected chi connectivity index (χ3v) is 4.78. The van der Waals surface area contributed by atoms with E-state index in [-0.39, 0.29) is 10.4 Å². The normalized spacial score (nSPS) is 18.2. The fraction of sp³-hybridized carbons (Fsp3) is 0.143. The number of nitrogens with zero attached hydrogens (tertiary/aromatic N) is 4. The molecule has 1 amide bonds. The molecular weight excluding hydrogens is 340 g/mol. The number of methoxy groups -OCH3 is 1. The molecule has 0 saturated heterocycles. The SMILES string of the molecule is COc1cc(-c2cccc(C[N+]3(C)C(=O)C=Nc4ncccc43)c2)ccn1. The molecule has 0 fully saturated rings. The number of quaternary nitrogens is 1. The van der Waals surface area contributed by atoms with Crippen molar-refractivity contribution in [3.05, 3.63) is 66.5 Å². The lowest BCUT2D eigenvalue weighted by Gasteiger charge is -2.32. The van der Waals surface area contributed by atoms with Gasteiger partial charge < -0.3 is 4.74 Å². The number of amides is 1. The molecule has 3 heterocycles. The highest BCUT2D eigenvalue weighted by atomic mass is 16.5. The molecule has 2 aromatic heterocycles. The third-order valence-electron chi connectivity index (χ3n) is 4.78. The molecule has 1 atom stereocenters. The number of carbonyl (C=O) groups excluding carboxylic acids is 1. The van der Waals surface area contributed by atoms with E-state index in [1.54, 1.807) is 19.5 Å². The molecule has 0 bridgehead atoms. The molecule has 0 spiro atoms. The van der Waals surface area contributed by atoms with E-state index in [0.29, 0.717) is 18.2 Å². The number of rotatable bonds is 4. The van der Waals surface area contributed by atoms with Gasteiger partial charge in [0.2, 0.25) is 11.7 Å². The predicted octanol–water partition coefficient (Wildman–Crippen LogP) is 3.53. The highest BCUT2D eigenvalue weighted by molar-refractivity contribution is 6.32. The van der Waals surface area contributed by atoms with Crippen LogP contribution in [0.3, 0.4) is 0 Å². The van der Waals surface area contributed by atoms with Crippen molar-refractivity contribution in [2.75, 3.05) is 14.2 Å². The Hall–Kier alpha value is -3.38. The molecule has 1 aliphatic heterocycles. The first kappa shape index (κ1) is 17.1. The number of hydrogen-bond donors (Lipinski definition) is 0. The third kappa shape index (κ3) is 3.11. The van der Waals surface area contributed by atoms with E-state index >= 15 is 0 Å². The number of fused-ring (bicyclic) bond motifs is 1. The minimum absolute atomic E-state index is 0.0634. The lowest BCUT2D eigenvalue weighted by atomic mass is 10.0. The fourth-order valence-corrected chi connectivity index (χ4v) is 3.31. The zero-order chi connectivity index (χ0) is 18.9. The van der Waals surface area contributed by atoms with Crippen LogP contribution in [0.2, 0.25) is 0 Å². The van der Waals surface area contributed by atoms with Crippen molar-refractivity contribution in [2.45, 2.75) is 6.54 Å². The molecule has 0 N–H and O–H groups in total. The molecular formula is C21H19N4O2+. The first-order valence-corrected chi connectivity index (χ1v) is 8.59. The van der Waals surface area contributed by atoms with Gasteiger partial charge in [-0.25, -0.2) is 24.2 Å². The van der Waals surface area contributed by atoms with E-state index in [9.17, 15) is 4.79 Å². The van der Waals surface area contributed by atoms with Crippen molar-refractivity contribution in [1.29, 1.82) is 0 Å². The Bertz CT molecular complexity index is 1050. The van der Waals surface area contributed by atoms with Crippen LogP contribution in [0.1, 0.15) is 5.56 Å². The van der Waals surface area contributed by atoms with Crippen molar-refractivity contribution >= 4 is 23.6 Å². The molecule has 4 rings (SSSR count). The lowest BCUT2D eigenvalue weighted by Crippen LogP contribution is -2.51. The van der Waals surface area contributed by atoms with Gasteiger partial charge in [0, 0.05) is 30.1 Å². The summed E-state index contributed by atoms with van der Waals surface area (Å²) in [5.41, 5.74) is 3.91. The molecule has 0 radical (unpaired) electrons. The van der Waals surface area contributed by atoms with Gasteiger partial charge in [0.05, 0.1) is 14.2 Å². The molecule has 134 valence electrons. The van der Waals surface area contributed by atoms with Crippen molar-refractivity contribution in [3.63, 3.8) is 0 Å². The van der Waals surface area contributed by atoms with Crippen LogP contribution in [0.4, 0.5) is 11.5 Å². The summed E-state index contributed by atoms with van der Waals surface area (Å²) in [5.74, 6) is 1.10.